The van der Waals surface area contributed by atoms with E-state index in [-0.39, 0.29) is 18.0 Å². The minimum atomic E-state index is -1.03. The van der Waals surface area contributed by atoms with E-state index in [9.17, 15) is 4.55 Å². The Morgan fingerprint density at radius 2 is 1.28 bits per heavy atom. The van der Waals surface area contributed by atoms with Gasteiger partial charge in [0.15, 0.2) is 0 Å². The summed E-state index contributed by atoms with van der Waals surface area (Å²) < 4.78 is 26.3. The van der Waals surface area contributed by atoms with Gasteiger partial charge in [-0.05, 0) is 37.0 Å². The number of ether oxygens (including phenoxy) is 2. The molecule has 4 saturated carbocycles. The fraction of sp³-hybridized carbons (Fsp3) is 1.00. The van der Waals surface area contributed by atoms with Crippen LogP contribution in [-0.2, 0) is 20.8 Å². The molecule has 0 aromatic rings. The van der Waals surface area contributed by atoms with Crippen molar-refractivity contribution in [2.45, 2.75) is 43.3 Å². The number of nitrogens with zero attached hydrogens (tertiary/aromatic N) is 1. The van der Waals surface area contributed by atoms with E-state index >= 15 is 0 Å². The van der Waals surface area contributed by atoms with Crippen molar-refractivity contribution in [2.24, 2.45) is 17.8 Å². The largest absolute Gasteiger partial charge is 0.597 e. The second-order valence-corrected chi connectivity index (χ2v) is 9.83. The van der Waals surface area contributed by atoms with Gasteiger partial charge in [-0.25, -0.2) is 0 Å². The second-order valence-electron chi connectivity index (χ2n) is 7.95. The average Bonchev–Trinajstić information content (AvgIpc) is 2.58. The van der Waals surface area contributed by atoms with Crippen molar-refractivity contribution in [2.75, 3.05) is 52.7 Å². The Hall–Kier alpha value is 0.110. The Bertz CT molecular complexity index is 364. The van der Waals surface area contributed by atoms with E-state index in [0.717, 1.165) is 37.0 Å². The molecule has 4 fully saturated rings. The summed E-state index contributed by atoms with van der Waals surface area (Å²) in [5, 5.41) is 17.7. The van der Waals surface area contributed by atoms with Crippen LogP contribution in [0.5, 0.6) is 0 Å². The van der Waals surface area contributed by atoms with Crippen molar-refractivity contribution < 1.29 is 24.2 Å². The molecule has 4 rings (SSSR count). The first-order valence-corrected chi connectivity index (χ1v) is 10.8. The Labute approximate surface area is 154 Å². The standard InChI is InChI=1S/C18H33NO5S/c20-3-7-23-5-1-19(2-6-24-8-4-21)25(22)18-12-15-9-16(13-18)11-17(10-15)14-18/h15-17,20-21H,1-14H2. The lowest BCUT2D eigenvalue weighted by Gasteiger charge is -2.56. The summed E-state index contributed by atoms with van der Waals surface area (Å²) in [4.78, 5) is 0. The van der Waals surface area contributed by atoms with Gasteiger partial charge in [0.1, 0.15) is 4.75 Å². The summed E-state index contributed by atoms with van der Waals surface area (Å²) in [6.45, 7) is 2.79. The van der Waals surface area contributed by atoms with Crippen LogP contribution in [0.3, 0.4) is 0 Å². The van der Waals surface area contributed by atoms with Gasteiger partial charge in [0, 0.05) is 30.6 Å². The highest BCUT2D eigenvalue weighted by molar-refractivity contribution is 7.90. The number of aliphatic hydroxyl groups excluding tert-OH is 2. The van der Waals surface area contributed by atoms with Gasteiger partial charge < -0.3 is 24.2 Å². The Morgan fingerprint density at radius 1 is 0.840 bits per heavy atom. The van der Waals surface area contributed by atoms with Crippen molar-refractivity contribution in [3.63, 3.8) is 0 Å². The zero-order valence-electron chi connectivity index (χ0n) is 15.1. The molecule has 0 spiro atoms. The summed E-state index contributed by atoms with van der Waals surface area (Å²) in [5.41, 5.74) is 0. The molecule has 0 saturated heterocycles. The molecule has 6 nitrogen and oxygen atoms in total. The van der Waals surface area contributed by atoms with E-state index in [1.165, 1.54) is 19.3 Å². The number of rotatable bonds is 12. The van der Waals surface area contributed by atoms with Crippen LogP contribution in [0.2, 0.25) is 0 Å². The van der Waals surface area contributed by atoms with Gasteiger partial charge in [-0.15, -0.1) is 4.31 Å². The molecule has 1 atom stereocenters. The molecule has 0 aromatic carbocycles. The summed E-state index contributed by atoms with van der Waals surface area (Å²) >= 11 is -1.03. The first-order chi connectivity index (χ1) is 12.2. The summed E-state index contributed by atoms with van der Waals surface area (Å²) in [7, 11) is 0. The van der Waals surface area contributed by atoms with Crippen molar-refractivity contribution in [1.82, 2.24) is 4.31 Å². The Kier molecular flexibility index (Phi) is 7.43. The maximum absolute atomic E-state index is 13.6. The van der Waals surface area contributed by atoms with Crippen LogP contribution in [0, 0.1) is 17.8 Å². The fourth-order valence-corrected chi connectivity index (χ4v) is 7.63. The monoisotopic (exact) mass is 375 g/mol. The van der Waals surface area contributed by atoms with Gasteiger partial charge >= 0.3 is 0 Å². The molecule has 0 radical (unpaired) electrons. The first-order valence-electron chi connectivity index (χ1n) is 9.71. The van der Waals surface area contributed by atoms with Crippen LogP contribution in [0.4, 0.5) is 0 Å². The quantitative estimate of drug-likeness (QED) is 0.390. The SMILES string of the molecule is [O-][S+](N(CCOCCO)CCOCCO)C12CC3CC(CC(C3)C1)C2. The zero-order valence-corrected chi connectivity index (χ0v) is 15.9. The Balaban J connectivity index is 1.59. The summed E-state index contributed by atoms with van der Waals surface area (Å²) in [6, 6.07) is 0. The van der Waals surface area contributed by atoms with Crippen LogP contribution in [0.25, 0.3) is 0 Å². The maximum Gasteiger partial charge on any atom is 0.146 e. The van der Waals surface area contributed by atoms with Gasteiger partial charge in [-0.2, -0.15) is 0 Å². The molecule has 2 N–H and O–H groups in total. The molecule has 1 unspecified atom stereocenters. The van der Waals surface area contributed by atoms with E-state index in [1.54, 1.807) is 0 Å². The van der Waals surface area contributed by atoms with Gasteiger partial charge in [0.05, 0.1) is 52.7 Å². The number of hydrogen-bond donors (Lipinski definition) is 2. The van der Waals surface area contributed by atoms with Crippen molar-refractivity contribution in [3.8, 4) is 0 Å². The molecular weight excluding hydrogens is 342 g/mol. The topological polar surface area (TPSA) is 85.2 Å². The van der Waals surface area contributed by atoms with Gasteiger partial charge in [0.2, 0.25) is 0 Å². The highest BCUT2D eigenvalue weighted by atomic mass is 32.2. The summed E-state index contributed by atoms with van der Waals surface area (Å²) in [6.07, 6.45) is 7.35. The van der Waals surface area contributed by atoms with E-state index in [1.807, 2.05) is 4.31 Å². The minimum absolute atomic E-state index is 0.0116. The van der Waals surface area contributed by atoms with Gasteiger partial charge in [-0.1, -0.05) is 0 Å². The van der Waals surface area contributed by atoms with Crippen LogP contribution >= 0.6 is 0 Å². The van der Waals surface area contributed by atoms with Crippen LogP contribution in [-0.4, -0.2) is 76.5 Å². The highest BCUT2D eigenvalue weighted by Gasteiger charge is 2.59. The smallest absolute Gasteiger partial charge is 0.146 e. The third-order valence-electron chi connectivity index (χ3n) is 6.03. The molecule has 146 valence electrons. The van der Waals surface area contributed by atoms with E-state index in [0.29, 0.717) is 39.5 Å². The molecule has 0 heterocycles. The number of aliphatic hydroxyl groups is 2. The minimum Gasteiger partial charge on any atom is -0.597 e. The van der Waals surface area contributed by atoms with E-state index < -0.39 is 11.4 Å². The third-order valence-corrected chi connectivity index (χ3v) is 8.10. The van der Waals surface area contributed by atoms with Crippen molar-refractivity contribution in [1.29, 1.82) is 0 Å². The fourth-order valence-electron chi connectivity index (χ4n) is 5.46. The molecule has 4 bridgehead atoms. The molecule has 0 aliphatic heterocycles. The second kappa shape index (κ2) is 9.35. The van der Waals surface area contributed by atoms with Gasteiger partial charge in [0.25, 0.3) is 0 Å². The molecule has 25 heavy (non-hydrogen) atoms. The van der Waals surface area contributed by atoms with Crippen LogP contribution in [0.1, 0.15) is 38.5 Å². The average molecular weight is 376 g/mol. The predicted octanol–water partition coefficient (Wildman–Crippen LogP) is 0.939. The van der Waals surface area contributed by atoms with E-state index in [2.05, 4.69) is 0 Å². The Morgan fingerprint density at radius 3 is 1.68 bits per heavy atom. The van der Waals surface area contributed by atoms with Gasteiger partial charge in [-0.3, -0.25) is 0 Å². The van der Waals surface area contributed by atoms with Crippen molar-refractivity contribution in [3.05, 3.63) is 0 Å². The molecule has 4 aliphatic carbocycles. The maximum atomic E-state index is 13.6. The molecule has 0 amide bonds. The zero-order chi connectivity index (χ0) is 17.7. The van der Waals surface area contributed by atoms with E-state index in [4.69, 9.17) is 19.7 Å². The molecule has 0 aromatic heterocycles. The first kappa shape index (κ1) is 19.9. The highest BCUT2D eigenvalue weighted by Crippen LogP contribution is 2.59. The molecular formula is C18H33NO5S. The third kappa shape index (κ3) is 4.89. The van der Waals surface area contributed by atoms with Crippen molar-refractivity contribution >= 4 is 11.4 Å². The van der Waals surface area contributed by atoms with Crippen LogP contribution < -0.4 is 0 Å². The number of hydrogen-bond acceptors (Lipinski definition) is 6. The summed E-state index contributed by atoms with van der Waals surface area (Å²) in [5.74, 6) is 2.31. The normalized spacial score (nSPS) is 34.8. The molecule has 4 aliphatic rings. The lowest BCUT2D eigenvalue weighted by molar-refractivity contribution is 0.0285. The lowest BCUT2D eigenvalue weighted by atomic mass is 9.56. The van der Waals surface area contributed by atoms with Crippen LogP contribution in [0.15, 0.2) is 0 Å². The predicted molar refractivity (Wildman–Crippen MR) is 96.4 cm³/mol. The lowest BCUT2D eigenvalue weighted by Crippen LogP contribution is -2.59. The molecule has 7 heteroatoms.